The van der Waals surface area contributed by atoms with E-state index >= 15 is 0 Å². The van der Waals surface area contributed by atoms with E-state index in [1.807, 2.05) is 18.2 Å². The Morgan fingerprint density at radius 3 is 2.93 bits per heavy atom. The van der Waals surface area contributed by atoms with Gasteiger partial charge in [-0.05, 0) is 55.3 Å². The highest BCUT2D eigenvalue weighted by Crippen LogP contribution is 2.21. The number of benzene rings is 2. The molecule has 0 bridgehead atoms. The Bertz CT molecular complexity index is 1090. The molecule has 0 spiro atoms. The Labute approximate surface area is 175 Å². The van der Waals surface area contributed by atoms with Crippen LogP contribution < -0.4 is 10.9 Å². The minimum absolute atomic E-state index is 0.0591. The molecule has 1 unspecified atom stereocenters. The van der Waals surface area contributed by atoms with Gasteiger partial charge in [-0.25, -0.2) is 4.99 Å². The van der Waals surface area contributed by atoms with Crippen LogP contribution in [0.3, 0.4) is 0 Å². The summed E-state index contributed by atoms with van der Waals surface area (Å²) >= 11 is 9.51. The normalized spacial score (nSPS) is 17.2. The van der Waals surface area contributed by atoms with Crippen molar-refractivity contribution in [1.29, 1.82) is 0 Å². The SMILES string of the molecule is O=C(NCC1CCCO1)c1cc2cc(Br)ccc2oc1=Nc1cccc(Cl)c1. The molecule has 1 fully saturated rings. The molecule has 144 valence electrons. The number of amides is 1. The number of hydrogen-bond acceptors (Lipinski definition) is 4. The smallest absolute Gasteiger partial charge is 0.256 e. The van der Waals surface area contributed by atoms with Crippen molar-refractivity contribution < 1.29 is 13.9 Å². The minimum atomic E-state index is -0.248. The third-order valence-electron chi connectivity index (χ3n) is 4.51. The van der Waals surface area contributed by atoms with Crippen molar-refractivity contribution in [3.8, 4) is 0 Å². The lowest BCUT2D eigenvalue weighted by Gasteiger charge is -2.11. The van der Waals surface area contributed by atoms with Gasteiger partial charge in [0, 0.05) is 28.0 Å². The van der Waals surface area contributed by atoms with Crippen molar-refractivity contribution >= 4 is 50.1 Å². The largest absolute Gasteiger partial charge is 0.438 e. The monoisotopic (exact) mass is 460 g/mol. The number of nitrogens with one attached hydrogen (secondary N) is 1. The lowest BCUT2D eigenvalue weighted by atomic mass is 10.1. The molecule has 1 aromatic heterocycles. The van der Waals surface area contributed by atoms with Crippen LogP contribution in [0.15, 0.2) is 62.4 Å². The number of halogens is 2. The van der Waals surface area contributed by atoms with E-state index in [2.05, 4.69) is 26.2 Å². The van der Waals surface area contributed by atoms with Gasteiger partial charge in [-0.15, -0.1) is 0 Å². The summed E-state index contributed by atoms with van der Waals surface area (Å²) < 4.78 is 12.4. The maximum absolute atomic E-state index is 12.9. The van der Waals surface area contributed by atoms with Gasteiger partial charge >= 0.3 is 0 Å². The van der Waals surface area contributed by atoms with E-state index in [0.29, 0.717) is 28.4 Å². The molecule has 2 heterocycles. The highest BCUT2D eigenvalue weighted by Gasteiger charge is 2.18. The molecule has 1 amide bonds. The molecule has 1 N–H and O–H groups in total. The number of carbonyl (C=O) groups is 1. The van der Waals surface area contributed by atoms with Crippen molar-refractivity contribution in [3.05, 3.63) is 69.1 Å². The topological polar surface area (TPSA) is 63.8 Å². The van der Waals surface area contributed by atoms with Crippen LogP contribution in [0, 0.1) is 0 Å². The number of nitrogens with zero attached hydrogens (tertiary/aromatic N) is 1. The van der Waals surface area contributed by atoms with Gasteiger partial charge < -0.3 is 14.5 Å². The summed E-state index contributed by atoms with van der Waals surface area (Å²) in [6, 6.07) is 14.5. The Kier molecular flexibility index (Phi) is 5.80. The predicted octanol–water partition coefficient (Wildman–Crippen LogP) is 4.99. The molecular formula is C21H18BrClN2O3. The summed E-state index contributed by atoms with van der Waals surface area (Å²) in [7, 11) is 0. The van der Waals surface area contributed by atoms with E-state index < -0.39 is 0 Å². The summed E-state index contributed by atoms with van der Waals surface area (Å²) in [5.74, 6) is -0.248. The lowest BCUT2D eigenvalue weighted by Crippen LogP contribution is -2.34. The third kappa shape index (κ3) is 4.46. The second-order valence-electron chi connectivity index (χ2n) is 6.58. The van der Waals surface area contributed by atoms with E-state index in [1.54, 1.807) is 30.3 Å². The molecule has 0 radical (unpaired) electrons. The van der Waals surface area contributed by atoms with Gasteiger partial charge in [0.05, 0.1) is 11.8 Å². The molecule has 3 aromatic rings. The van der Waals surface area contributed by atoms with E-state index in [4.69, 9.17) is 20.8 Å². The van der Waals surface area contributed by atoms with E-state index in [-0.39, 0.29) is 17.6 Å². The Balaban J connectivity index is 1.76. The van der Waals surface area contributed by atoms with Gasteiger partial charge in [-0.2, -0.15) is 0 Å². The van der Waals surface area contributed by atoms with E-state index in [0.717, 1.165) is 29.3 Å². The second-order valence-corrected chi connectivity index (χ2v) is 7.94. The van der Waals surface area contributed by atoms with Crippen molar-refractivity contribution in [2.45, 2.75) is 18.9 Å². The van der Waals surface area contributed by atoms with Gasteiger partial charge in [0.2, 0.25) is 5.55 Å². The maximum atomic E-state index is 12.9. The molecule has 1 saturated heterocycles. The van der Waals surface area contributed by atoms with Gasteiger partial charge in [-0.3, -0.25) is 4.79 Å². The summed E-state index contributed by atoms with van der Waals surface area (Å²) in [6.07, 6.45) is 2.04. The van der Waals surface area contributed by atoms with E-state index in [1.165, 1.54) is 0 Å². The van der Waals surface area contributed by atoms with Crippen LogP contribution in [0.5, 0.6) is 0 Å². The summed E-state index contributed by atoms with van der Waals surface area (Å²) in [6.45, 7) is 1.21. The second kappa shape index (κ2) is 8.47. The van der Waals surface area contributed by atoms with Crippen molar-refractivity contribution in [2.75, 3.05) is 13.2 Å². The highest BCUT2D eigenvalue weighted by molar-refractivity contribution is 9.10. The average molecular weight is 462 g/mol. The maximum Gasteiger partial charge on any atom is 0.256 e. The molecular weight excluding hydrogens is 444 g/mol. The molecule has 4 rings (SSSR count). The van der Waals surface area contributed by atoms with Gasteiger partial charge in [0.1, 0.15) is 11.1 Å². The summed E-state index contributed by atoms with van der Waals surface area (Å²) in [5.41, 5.74) is 1.85. The molecule has 0 aliphatic carbocycles. The van der Waals surface area contributed by atoms with Crippen LogP contribution >= 0.6 is 27.5 Å². The molecule has 1 aliphatic rings. The molecule has 5 nitrogen and oxygen atoms in total. The first-order valence-electron chi connectivity index (χ1n) is 9.02. The first-order chi connectivity index (χ1) is 13.6. The van der Waals surface area contributed by atoms with Crippen LogP contribution in [-0.4, -0.2) is 25.2 Å². The Morgan fingerprint density at radius 2 is 2.14 bits per heavy atom. The number of hydrogen-bond donors (Lipinski definition) is 1. The summed E-state index contributed by atoms with van der Waals surface area (Å²) in [5, 5.41) is 4.31. The average Bonchev–Trinajstić information content (AvgIpc) is 3.19. The van der Waals surface area contributed by atoms with Crippen LogP contribution in [-0.2, 0) is 4.74 Å². The van der Waals surface area contributed by atoms with Crippen LogP contribution in [0.4, 0.5) is 5.69 Å². The van der Waals surface area contributed by atoms with Crippen molar-refractivity contribution in [1.82, 2.24) is 5.32 Å². The fourth-order valence-corrected chi connectivity index (χ4v) is 3.68. The first-order valence-corrected chi connectivity index (χ1v) is 10.2. The molecule has 1 aliphatic heterocycles. The van der Waals surface area contributed by atoms with Crippen molar-refractivity contribution in [3.63, 3.8) is 0 Å². The standard InChI is InChI=1S/C21H18BrClN2O3/c22-14-6-7-19-13(9-14)10-18(20(26)24-12-17-5-2-8-27-17)21(28-19)25-16-4-1-3-15(23)11-16/h1,3-4,6-7,9-11,17H,2,5,8,12H2,(H,24,26). The molecule has 2 aromatic carbocycles. The number of rotatable bonds is 4. The number of carbonyl (C=O) groups excluding carboxylic acids is 1. The zero-order chi connectivity index (χ0) is 19.5. The Hall–Kier alpha value is -2.15. The molecule has 1 atom stereocenters. The minimum Gasteiger partial charge on any atom is -0.438 e. The molecule has 7 heteroatoms. The van der Waals surface area contributed by atoms with Crippen LogP contribution in [0.1, 0.15) is 23.2 Å². The fourth-order valence-electron chi connectivity index (χ4n) is 3.12. The van der Waals surface area contributed by atoms with Crippen molar-refractivity contribution in [2.24, 2.45) is 4.99 Å². The number of ether oxygens (including phenoxy) is 1. The molecule has 0 saturated carbocycles. The summed E-state index contributed by atoms with van der Waals surface area (Å²) in [4.78, 5) is 17.4. The zero-order valence-electron chi connectivity index (χ0n) is 15.0. The fraction of sp³-hybridized carbons (Fsp3) is 0.238. The van der Waals surface area contributed by atoms with Crippen LogP contribution in [0.25, 0.3) is 11.0 Å². The quantitative estimate of drug-likeness (QED) is 0.595. The lowest BCUT2D eigenvalue weighted by molar-refractivity contribution is 0.0854. The predicted molar refractivity (Wildman–Crippen MR) is 112 cm³/mol. The van der Waals surface area contributed by atoms with Gasteiger partial charge in [0.15, 0.2) is 0 Å². The van der Waals surface area contributed by atoms with Crippen LogP contribution in [0.2, 0.25) is 5.02 Å². The Morgan fingerprint density at radius 1 is 1.25 bits per heavy atom. The first kappa shape index (κ1) is 19.2. The zero-order valence-corrected chi connectivity index (χ0v) is 17.3. The van der Waals surface area contributed by atoms with Gasteiger partial charge in [0.25, 0.3) is 5.91 Å². The highest BCUT2D eigenvalue weighted by atomic mass is 79.9. The number of fused-ring (bicyclic) bond motifs is 1. The third-order valence-corrected chi connectivity index (χ3v) is 5.23. The van der Waals surface area contributed by atoms with E-state index in [9.17, 15) is 4.79 Å². The van der Waals surface area contributed by atoms with Gasteiger partial charge in [-0.1, -0.05) is 33.6 Å². The molecule has 28 heavy (non-hydrogen) atoms.